The quantitative estimate of drug-likeness (QED) is 0.623. The molecule has 2 N–H and O–H groups in total. The van der Waals surface area contributed by atoms with Crippen LogP contribution < -0.4 is 22.6 Å². The van der Waals surface area contributed by atoms with Crippen LogP contribution in [-0.4, -0.2) is 10.8 Å². The molecule has 0 heterocycles. The summed E-state index contributed by atoms with van der Waals surface area (Å²) in [4.78, 5) is 0. The van der Waals surface area contributed by atoms with Crippen LogP contribution in [-0.2, 0) is 0 Å². The molecule has 0 aromatic heterocycles. The minimum absolute atomic E-state index is 0. The van der Waals surface area contributed by atoms with E-state index in [9.17, 15) is 0 Å². The molecule has 2 rings (SSSR count). The molecule has 0 spiro atoms. The Hall–Kier alpha value is -1.45. The number of rotatable bonds is 4. The highest BCUT2D eigenvalue weighted by atomic mass is 35.5. The van der Waals surface area contributed by atoms with Gasteiger partial charge in [-0.2, -0.15) is 0 Å². The molecule has 100 valence electrons. The first kappa shape index (κ1) is 15.6. The molecule has 0 aliphatic rings. The Morgan fingerprint density at radius 1 is 1.00 bits per heavy atom. The van der Waals surface area contributed by atoms with E-state index in [2.05, 4.69) is 6.92 Å². The van der Waals surface area contributed by atoms with Crippen LogP contribution in [0.5, 0.6) is 11.5 Å². The van der Waals surface area contributed by atoms with Crippen LogP contribution in [0.15, 0.2) is 54.6 Å². The fourth-order valence-electron chi connectivity index (χ4n) is 1.55. The van der Waals surface area contributed by atoms with Gasteiger partial charge in [-0.25, -0.2) is 5.41 Å². The lowest BCUT2D eigenvalue weighted by molar-refractivity contribution is -0.107. The molecule has 2 aromatic rings. The molecule has 0 saturated carbocycles. The molecule has 0 aliphatic heterocycles. The van der Waals surface area contributed by atoms with Crippen LogP contribution in [0, 0.1) is 0 Å². The molecular weight excluding hydrogens is 278 g/mol. The average Bonchev–Trinajstić information content (AvgIpc) is 2.41. The van der Waals surface area contributed by atoms with Crippen molar-refractivity contribution in [2.45, 2.75) is 6.92 Å². The number of nitrogens with two attached hydrogens (primary N) is 1. The summed E-state index contributed by atoms with van der Waals surface area (Å²) in [6.45, 7) is 2.09. The summed E-state index contributed by atoms with van der Waals surface area (Å²) in [7, 11) is 0. The van der Waals surface area contributed by atoms with E-state index in [0.717, 1.165) is 27.9 Å². The van der Waals surface area contributed by atoms with Gasteiger partial charge in [-0.15, -0.1) is 0 Å². The highest BCUT2D eigenvalue weighted by molar-refractivity contribution is 8.14. The van der Waals surface area contributed by atoms with E-state index >= 15 is 0 Å². The van der Waals surface area contributed by atoms with Crippen LogP contribution in [0.3, 0.4) is 0 Å². The fourth-order valence-corrected chi connectivity index (χ4v) is 2.16. The molecule has 0 bridgehead atoms. The van der Waals surface area contributed by atoms with E-state index in [0.29, 0.717) is 0 Å². The van der Waals surface area contributed by atoms with E-state index < -0.39 is 0 Å². The topological polar surface area (TPSA) is 34.8 Å². The second kappa shape index (κ2) is 7.87. The van der Waals surface area contributed by atoms with Crippen molar-refractivity contribution in [3.8, 4) is 11.5 Å². The molecule has 0 saturated heterocycles. The van der Waals surface area contributed by atoms with Gasteiger partial charge in [0.25, 0.3) is 0 Å². The summed E-state index contributed by atoms with van der Waals surface area (Å²) in [6.07, 6.45) is 0. The summed E-state index contributed by atoms with van der Waals surface area (Å²) in [5, 5.41) is 6.80. The standard InChI is InChI=1S/C15H15NOS.ClH/c1-2-18-15(16)12-8-10-14(11-9-12)17-13-6-4-3-5-7-13;/h3-11,16H,2H2,1H3;1H. The summed E-state index contributed by atoms with van der Waals surface area (Å²) in [5.41, 5.74) is 1.04. The van der Waals surface area contributed by atoms with Crippen molar-refractivity contribution in [1.82, 2.24) is 0 Å². The van der Waals surface area contributed by atoms with Crippen LogP contribution >= 0.6 is 11.8 Å². The Bertz CT molecular complexity index is 513. The fraction of sp³-hybridized carbons (Fsp3) is 0.133. The minimum atomic E-state index is 0. The Morgan fingerprint density at radius 2 is 1.58 bits per heavy atom. The number of thioether (sulfide) groups is 1. The number of para-hydroxylation sites is 1. The molecule has 0 fully saturated rings. The van der Waals surface area contributed by atoms with Crippen molar-refractivity contribution in [1.29, 1.82) is 0 Å². The first-order valence-corrected chi connectivity index (χ1v) is 6.86. The number of hydrogen-bond acceptors (Lipinski definition) is 2. The average molecular weight is 294 g/mol. The number of ether oxygens (including phenoxy) is 1. The summed E-state index contributed by atoms with van der Waals surface area (Å²) < 4.78 is 5.72. The van der Waals surface area contributed by atoms with Crippen molar-refractivity contribution < 1.29 is 22.6 Å². The zero-order valence-corrected chi connectivity index (χ0v) is 12.2. The summed E-state index contributed by atoms with van der Waals surface area (Å²) in [6, 6.07) is 17.6. The monoisotopic (exact) mass is 293 g/mol. The van der Waals surface area contributed by atoms with E-state index in [1.807, 2.05) is 54.6 Å². The third-order valence-corrected chi connectivity index (χ3v) is 3.25. The van der Waals surface area contributed by atoms with Crippen LogP contribution in [0.25, 0.3) is 0 Å². The van der Waals surface area contributed by atoms with Crippen LogP contribution in [0.4, 0.5) is 0 Å². The maximum absolute atomic E-state index is 5.95. The molecular formula is C15H16ClNOS. The zero-order valence-electron chi connectivity index (χ0n) is 10.7. The summed E-state index contributed by atoms with van der Waals surface area (Å²) >= 11 is 1.65. The molecule has 2 nitrogen and oxygen atoms in total. The normalized spacial score (nSPS) is 9.53. The van der Waals surface area contributed by atoms with Gasteiger partial charge in [-0.1, -0.05) is 36.9 Å². The molecule has 0 aliphatic carbocycles. The molecule has 0 amide bonds. The van der Waals surface area contributed by atoms with Gasteiger partial charge < -0.3 is 17.1 Å². The van der Waals surface area contributed by atoms with Crippen molar-refractivity contribution in [2.24, 2.45) is 0 Å². The van der Waals surface area contributed by atoms with Gasteiger partial charge in [0.15, 0.2) is 0 Å². The molecule has 0 radical (unpaired) electrons. The lowest BCUT2D eigenvalue weighted by Crippen LogP contribution is -3.00. The molecule has 0 unspecified atom stereocenters. The Labute approximate surface area is 124 Å². The maximum Gasteiger partial charge on any atom is 0.238 e. The van der Waals surface area contributed by atoms with Crippen molar-refractivity contribution in [3.63, 3.8) is 0 Å². The third-order valence-electron chi connectivity index (χ3n) is 2.42. The van der Waals surface area contributed by atoms with Crippen molar-refractivity contribution in [2.75, 3.05) is 5.75 Å². The first-order valence-electron chi connectivity index (χ1n) is 5.88. The summed E-state index contributed by atoms with van der Waals surface area (Å²) in [5.74, 6) is 2.64. The van der Waals surface area contributed by atoms with Gasteiger partial charge in [0.2, 0.25) is 5.04 Å². The molecule has 19 heavy (non-hydrogen) atoms. The smallest absolute Gasteiger partial charge is 0.238 e. The predicted octanol–water partition coefficient (Wildman–Crippen LogP) is -0.258. The molecule has 2 aromatic carbocycles. The number of halogens is 1. The van der Waals surface area contributed by atoms with Crippen molar-refractivity contribution in [3.05, 3.63) is 60.2 Å². The Balaban J connectivity index is 0.00000180. The highest BCUT2D eigenvalue weighted by Crippen LogP contribution is 2.21. The number of benzene rings is 2. The number of hydrogen-bond donors (Lipinski definition) is 1. The molecule has 4 heteroatoms. The third kappa shape index (κ3) is 4.62. The van der Waals surface area contributed by atoms with E-state index in [1.165, 1.54) is 0 Å². The van der Waals surface area contributed by atoms with Gasteiger partial charge in [0, 0.05) is 5.75 Å². The maximum atomic E-state index is 5.95. The largest absolute Gasteiger partial charge is 1.00 e. The lowest BCUT2D eigenvalue weighted by atomic mass is 10.2. The van der Waals surface area contributed by atoms with Gasteiger partial charge in [-0.05, 0) is 36.4 Å². The second-order valence-corrected chi connectivity index (χ2v) is 5.04. The van der Waals surface area contributed by atoms with E-state index in [4.69, 9.17) is 10.1 Å². The van der Waals surface area contributed by atoms with Crippen LogP contribution in [0.1, 0.15) is 12.5 Å². The first-order chi connectivity index (χ1) is 8.79. The molecule has 0 atom stereocenters. The minimum Gasteiger partial charge on any atom is -1.00 e. The Morgan fingerprint density at radius 3 is 2.16 bits per heavy atom. The van der Waals surface area contributed by atoms with Crippen molar-refractivity contribution >= 4 is 16.8 Å². The van der Waals surface area contributed by atoms with Gasteiger partial charge in [0.05, 0.1) is 5.56 Å². The SMILES string of the molecule is CCSC(=[NH2+])c1ccc(Oc2ccccc2)cc1.[Cl-]. The second-order valence-electron chi connectivity index (χ2n) is 3.74. The van der Waals surface area contributed by atoms with E-state index in [1.54, 1.807) is 11.8 Å². The van der Waals surface area contributed by atoms with Crippen LogP contribution in [0.2, 0.25) is 0 Å². The Kier molecular flexibility index (Phi) is 6.46. The predicted molar refractivity (Wildman–Crippen MR) is 77.1 cm³/mol. The van der Waals surface area contributed by atoms with Gasteiger partial charge >= 0.3 is 0 Å². The van der Waals surface area contributed by atoms with Gasteiger partial charge in [0.1, 0.15) is 11.5 Å². The van der Waals surface area contributed by atoms with E-state index in [-0.39, 0.29) is 12.4 Å². The highest BCUT2D eigenvalue weighted by Gasteiger charge is 2.06. The lowest BCUT2D eigenvalue weighted by Gasteiger charge is -2.05. The van der Waals surface area contributed by atoms with Gasteiger partial charge in [-0.3, -0.25) is 0 Å². The zero-order chi connectivity index (χ0) is 12.8.